The third kappa shape index (κ3) is 6.43. The molecule has 0 saturated heterocycles. The Kier molecular flexibility index (Phi) is 7.33. The summed E-state index contributed by atoms with van der Waals surface area (Å²) in [6, 6.07) is 0. The average molecular weight is 396 g/mol. The van der Waals surface area contributed by atoms with Crippen LogP contribution in [-0.4, -0.2) is 40.1 Å². The molecule has 0 aromatic heterocycles. The van der Waals surface area contributed by atoms with Crippen molar-refractivity contribution in [3.05, 3.63) is 0 Å². The van der Waals surface area contributed by atoms with Crippen molar-refractivity contribution in [1.82, 2.24) is 0 Å². The molecule has 0 spiro atoms. The van der Waals surface area contributed by atoms with E-state index in [-0.39, 0.29) is 6.42 Å². The van der Waals surface area contributed by atoms with E-state index in [1.807, 2.05) is 0 Å². The smallest absolute Gasteiger partial charge is 0.257 e. The summed E-state index contributed by atoms with van der Waals surface area (Å²) in [4.78, 5) is 0. The summed E-state index contributed by atoms with van der Waals surface area (Å²) < 4.78 is 124. The first kappa shape index (κ1) is 22.4. The lowest BCUT2D eigenvalue weighted by atomic mass is 10.1. The Labute approximate surface area is 129 Å². The highest BCUT2D eigenvalue weighted by atomic mass is 32.2. The first-order valence-electron chi connectivity index (χ1n) is 6.04. The summed E-state index contributed by atoms with van der Waals surface area (Å²) in [5.74, 6) is 0. The molecule has 0 aliphatic carbocycles. The molecular weight excluding hydrogens is 382 g/mol. The van der Waals surface area contributed by atoms with Gasteiger partial charge in [-0.3, -0.25) is 8.37 Å². The molecule has 0 N–H and O–H groups in total. The molecule has 0 amide bonds. The third-order valence-electron chi connectivity index (χ3n) is 2.46. The van der Waals surface area contributed by atoms with Crippen molar-refractivity contribution >= 4 is 20.2 Å². The van der Waals surface area contributed by atoms with Gasteiger partial charge in [0, 0.05) is 0 Å². The van der Waals surface area contributed by atoms with Gasteiger partial charge in [0.05, 0.1) is 0 Å². The van der Waals surface area contributed by atoms with Crippen molar-refractivity contribution in [1.29, 1.82) is 0 Å². The minimum Gasteiger partial charge on any atom is -0.257 e. The van der Waals surface area contributed by atoms with E-state index in [2.05, 4.69) is 8.37 Å². The summed E-state index contributed by atoms with van der Waals surface area (Å²) in [6.45, 7) is 2.23. The lowest BCUT2D eigenvalue weighted by Crippen LogP contribution is -2.39. The predicted octanol–water partition coefficient (Wildman–Crippen LogP) is 2.67. The molecule has 0 aromatic carbocycles. The van der Waals surface area contributed by atoms with E-state index in [1.54, 1.807) is 6.92 Å². The molecule has 0 heterocycles. The summed E-state index contributed by atoms with van der Waals surface area (Å²) in [6.07, 6.45) is -4.22. The number of unbranched alkanes of at least 4 members (excludes halogenated alkanes) is 1. The highest BCUT2D eigenvalue weighted by Crippen LogP contribution is 2.30. The second-order valence-electron chi connectivity index (χ2n) is 4.38. The normalized spacial score (nSPS) is 17.0. The standard InChI is InChI=1S/C9H14F6O6S2/c1-3-4-5-7(21-23(18,19)9(13,14)15)6(2)20-22(16,17)8(10,11)12/h6-7H,3-5H2,1-2H3. The first-order valence-corrected chi connectivity index (χ1v) is 8.86. The molecular formula is C9H14F6O6S2. The highest BCUT2D eigenvalue weighted by molar-refractivity contribution is 7.88. The van der Waals surface area contributed by atoms with E-state index in [0.717, 1.165) is 0 Å². The van der Waals surface area contributed by atoms with Gasteiger partial charge in [0.25, 0.3) is 0 Å². The third-order valence-corrected chi connectivity index (χ3v) is 4.65. The molecule has 0 aliphatic heterocycles. The van der Waals surface area contributed by atoms with Crippen molar-refractivity contribution in [2.24, 2.45) is 0 Å². The lowest BCUT2D eigenvalue weighted by Gasteiger charge is -2.24. The molecule has 0 rings (SSSR count). The van der Waals surface area contributed by atoms with Crippen LogP contribution in [0.4, 0.5) is 26.3 Å². The predicted molar refractivity (Wildman–Crippen MR) is 64.9 cm³/mol. The van der Waals surface area contributed by atoms with Gasteiger partial charge in [-0.1, -0.05) is 19.8 Å². The lowest BCUT2D eigenvalue weighted by molar-refractivity contribution is -0.0698. The Bertz CT molecular complexity index is 579. The maximum atomic E-state index is 12.3. The Morgan fingerprint density at radius 1 is 0.870 bits per heavy atom. The molecule has 0 bridgehead atoms. The van der Waals surface area contributed by atoms with Gasteiger partial charge < -0.3 is 0 Å². The fourth-order valence-corrected chi connectivity index (χ4v) is 2.62. The van der Waals surface area contributed by atoms with Gasteiger partial charge >= 0.3 is 31.3 Å². The fraction of sp³-hybridized carbons (Fsp3) is 1.00. The van der Waals surface area contributed by atoms with Gasteiger partial charge in [-0.05, 0) is 13.3 Å². The Balaban J connectivity index is 5.34. The van der Waals surface area contributed by atoms with E-state index >= 15 is 0 Å². The van der Waals surface area contributed by atoms with Crippen LogP contribution < -0.4 is 0 Å². The molecule has 2 unspecified atom stereocenters. The second-order valence-corrected chi connectivity index (χ2v) is 7.51. The maximum Gasteiger partial charge on any atom is 0.523 e. The zero-order valence-corrected chi connectivity index (χ0v) is 13.4. The second kappa shape index (κ2) is 7.53. The number of rotatable bonds is 8. The van der Waals surface area contributed by atoms with Crippen molar-refractivity contribution in [2.45, 2.75) is 56.3 Å². The van der Waals surface area contributed by atoms with Gasteiger partial charge in [-0.15, -0.1) is 0 Å². The molecule has 23 heavy (non-hydrogen) atoms. The van der Waals surface area contributed by atoms with E-state index < -0.39 is 49.9 Å². The molecule has 0 aliphatic rings. The summed E-state index contributed by atoms with van der Waals surface area (Å²) in [5, 5.41) is 0. The van der Waals surface area contributed by atoms with Crippen LogP contribution in [0.2, 0.25) is 0 Å². The zero-order chi connectivity index (χ0) is 18.7. The minimum atomic E-state index is -6.12. The summed E-state index contributed by atoms with van der Waals surface area (Å²) in [5.41, 5.74) is -11.6. The number of hydrogen-bond donors (Lipinski definition) is 0. The molecule has 2 atom stereocenters. The summed E-state index contributed by atoms with van der Waals surface area (Å²) >= 11 is 0. The van der Waals surface area contributed by atoms with Gasteiger partial charge in [-0.25, -0.2) is 0 Å². The molecule has 140 valence electrons. The average Bonchev–Trinajstić information content (AvgIpc) is 2.30. The first-order chi connectivity index (χ1) is 10.0. The molecule has 0 aromatic rings. The topological polar surface area (TPSA) is 86.7 Å². The van der Waals surface area contributed by atoms with Crippen molar-refractivity contribution in [2.75, 3.05) is 0 Å². The van der Waals surface area contributed by atoms with Crippen LogP contribution in [-0.2, 0) is 28.6 Å². The van der Waals surface area contributed by atoms with Gasteiger partial charge in [0.2, 0.25) is 0 Å². The molecule has 6 nitrogen and oxygen atoms in total. The van der Waals surface area contributed by atoms with E-state index in [4.69, 9.17) is 0 Å². The Morgan fingerprint density at radius 2 is 1.26 bits per heavy atom. The minimum absolute atomic E-state index is 0.0673. The Hall–Kier alpha value is -0.600. The molecule has 14 heteroatoms. The highest BCUT2D eigenvalue weighted by Gasteiger charge is 2.51. The van der Waals surface area contributed by atoms with Crippen LogP contribution in [0.15, 0.2) is 0 Å². The molecule has 0 saturated carbocycles. The monoisotopic (exact) mass is 396 g/mol. The van der Waals surface area contributed by atoms with Crippen molar-refractivity contribution < 1.29 is 51.5 Å². The van der Waals surface area contributed by atoms with Gasteiger partial charge in [0.15, 0.2) is 0 Å². The van der Waals surface area contributed by atoms with Crippen LogP contribution in [0.5, 0.6) is 0 Å². The molecule has 0 radical (unpaired) electrons. The quantitative estimate of drug-likeness (QED) is 0.356. The van der Waals surface area contributed by atoms with Crippen LogP contribution >= 0.6 is 0 Å². The van der Waals surface area contributed by atoms with Gasteiger partial charge in [-0.2, -0.15) is 43.2 Å². The number of hydrogen-bond acceptors (Lipinski definition) is 6. The summed E-state index contributed by atoms with van der Waals surface area (Å²) in [7, 11) is -12.2. The zero-order valence-electron chi connectivity index (χ0n) is 11.8. The number of alkyl halides is 6. The van der Waals surface area contributed by atoms with Crippen LogP contribution in [0.1, 0.15) is 33.1 Å². The van der Waals surface area contributed by atoms with Crippen LogP contribution in [0.25, 0.3) is 0 Å². The fourth-order valence-electron chi connectivity index (χ4n) is 1.30. The van der Waals surface area contributed by atoms with Crippen molar-refractivity contribution in [3.63, 3.8) is 0 Å². The number of halogens is 6. The largest absolute Gasteiger partial charge is 0.523 e. The maximum absolute atomic E-state index is 12.3. The van der Waals surface area contributed by atoms with E-state index in [9.17, 15) is 43.2 Å². The molecule has 0 fully saturated rings. The SMILES string of the molecule is CCCCC(OS(=O)(=O)C(F)(F)F)C(C)OS(=O)(=O)C(F)(F)F. The van der Waals surface area contributed by atoms with Gasteiger partial charge in [0.1, 0.15) is 12.2 Å². The van der Waals surface area contributed by atoms with E-state index in [1.165, 1.54) is 0 Å². The van der Waals surface area contributed by atoms with E-state index in [0.29, 0.717) is 13.3 Å². The van der Waals surface area contributed by atoms with Crippen LogP contribution in [0.3, 0.4) is 0 Å². The van der Waals surface area contributed by atoms with Crippen molar-refractivity contribution in [3.8, 4) is 0 Å². The van der Waals surface area contributed by atoms with Crippen LogP contribution in [0, 0.1) is 0 Å². The Morgan fingerprint density at radius 3 is 1.61 bits per heavy atom.